The normalized spacial score (nSPS) is 16.8. The molecule has 0 radical (unpaired) electrons. The second kappa shape index (κ2) is 10.9. The lowest BCUT2D eigenvalue weighted by Crippen LogP contribution is -2.29. The van der Waals surface area contributed by atoms with E-state index in [0.29, 0.717) is 13.2 Å². The Labute approximate surface area is 102 Å². The minimum absolute atomic E-state index is 0.154. The first-order valence-electron chi connectivity index (χ1n) is 5.68. The van der Waals surface area contributed by atoms with Crippen LogP contribution >= 0.6 is 0 Å². The van der Waals surface area contributed by atoms with Crippen molar-refractivity contribution in [1.82, 2.24) is 0 Å². The molecule has 2 unspecified atom stereocenters. The average molecular weight is 252 g/mol. The van der Waals surface area contributed by atoms with Gasteiger partial charge < -0.3 is 29.2 Å². The highest BCUT2D eigenvalue weighted by atomic mass is 16.7. The van der Waals surface area contributed by atoms with E-state index in [-0.39, 0.29) is 26.1 Å². The summed E-state index contributed by atoms with van der Waals surface area (Å²) < 4.78 is 20.6. The van der Waals surface area contributed by atoms with Gasteiger partial charge in [-0.15, -0.1) is 0 Å². The van der Waals surface area contributed by atoms with Gasteiger partial charge in [-0.25, -0.2) is 0 Å². The highest BCUT2D eigenvalue weighted by Gasteiger charge is 2.11. The van der Waals surface area contributed by atoms with Crippen LogP contribution in [0.15, 0.2) is 0 Å². The van der Waals surface area contributed by atoms with Crippen LogP contribution in [-0.2, 0) is 18.9 Å². The third-order valence-electron chi connectivity index (χ3n) is 1.75. The molecule has 0 aromatic rings. The standard InChI is InChI=1S/C11H24O6/c1-9(12)4-15-6-11(17-8-14-3)7-16-5-10(2)13/h9-13H,4-8H2,1-3H3. The molecule has 0 saturated heterocycles. The first-order chi connectivity index (χ1) is 8.06. The van der Waals surface area contributed by atoms with E-state index in [1.54, 1.807) is 13.8 Å². The second-order valence-corrected chi connectivity index (χ2v) is 3.97. The Morgan fingerprint density at radius 2 is 1.35 bits per heavy atom. The lowest BCUT2D eigenvalue weighted by atomic mass is 10.4. The molecule has 0 fully saturated rings. The third kappa shape index (κ3) is 12.0. The van der Waals surface area contributed by atoms with E-state index in [0.717, 1.165) is 0 Å². The lowest BCUT2D eigenvalue weighted by Gasteiger charge is -2.18. The van der Waals surface area contributed by atoms with Gasteiger partial charge in [0.05, 0.1) is 38.6 Å². The molecule has 0 heterocycles. The van der Waals surface area contributed by atoms with E-state index >= 15 is 0 Å². The van der Waals surface area contributed by atoms with Crippen LogP contribution in [0.2, 0.25) is 0 Å². The molecule has 0 aliphatic heterocycles. The predicted molar refractivity (Wildman–Crippen MR) is 61.7 cm³/mol. The van der Waals surface area contributed by atoms with E-state index in [4.69, 9.17) is 29.2 Å². The zero-order chi connectivity index (χ0) is 13.1. The topological polar surface area (TPSA) is 77.4 Å². The van der Waals surface area contributed by atoms with Gasteiger partial charge in [0.15, 0.2) is 0 Å². The fourth-order valence-electron chi connectivity index (χ4n) is 1.05. The molecule has 0 aromatic heterocycles. The molecule has 0 bridgehead atoms. The Balaban J connectivity index is 3.71. The summed E-state index contributed by atoms with van der Waals surface area (Å²) in [4.78, 5) is 0. The van der Waals surface area contributed by atoms with Crippen LogP contribution < -0.4 is 0 Å². The van der Waals surface area contributed by atoms with Crippen LogP contribution in [0.4, 0.5) is 0 Å². The van der Waals surface area contributed by atoms with Gasteiger partial charge in [-0.05, 0) is 13.8 Å². The van der Waals surface area contributed by atoms with Crippen molar-refractivity contribution in [2.24, 2.45) is 0 Å². The quantitative estimate of drug-likeness (QED) is 0.495. The molecule has 6 heteroatoms. The molecule has 2 atom stereocenters. The Hall–Kier alpha value is -0.240. The van der Waals surface area contributed by atoms with Crippen molar-refractivity contribution >= 4 is 0 Å². The first kappa shape index (κ1) is 16.8. The Morgan fingerprint density at radius 1 is 0.882 bits per heavy atom. The summed E-state index contributed by atoms with van der Waals surface area (Å²) in [7, 11) is 1.53. The van der Waals surface area contributed by atoms with Crippen molar-refractivity contribution in [1.29, 1.82) is 0 Å². The minimum Gasteiger partial charge on any atom is -0.391 e. The zero-order valence-corrected chi connectivity index (χ0v) is 10.8. The fourth-order valence-corrected chi connectivity index (χ4v) is 1.05. The summed E-state index contributed by atoms with van der Waals surface area (Å²) in [5.74, 6) is 0. The van der Waals surface area contributed by atoms with Crippen molar-refractivity contribution in [3.05, 3.63) is 0 Å². The SMILES string of the molecule is COCOC(COCC(C)O)COCC(C)O. The molecule has 0 saturated carbocycles. The Morgan fingerprint density at radius 3 is 1.71 bits per heavy atom. The smallest absolute Gasteiger partial charge is 0.146 e. The second-order valence-electron chi connectivity index (χ2n) is 3.97. The van der Waals surface area contributed by atoms with Crippen LogP contribution in [0.3, 0.4) is 0 Å². The highest BCUT2D eigenvalue weighted by Crippen LogP contribution is 1.97. The molecule has 0 spiro atoms. The number of ether oxygens (including phenoxy) is 4. The van der Waals surface area contributed by atoms with Crippen molar-refractivity contribution in [3.63, 3.8) is 0 Å². The number of hydrogen-bond acceptors (Lipinski definition) is 6. The molecular formula is C11H24O6. The number of methoxy groups -OCH3 is 1. The molecular weight excluding hydrogens is 228 g/mol. The van der Waals surface area contributed by atoms with Gasteiger partial charge in [0.25, 0.3) is 0 Å². The van der Waals surface area contributed by atoms with Gasteiger partial charge in [0.2, 0.25) is 0 Å². The van der Waals surface area contributed by atoms with Crippen molar-refractivity contribution < 1.29 is 29.2 Å². The number of aliphatic hydroxyl groups is 2. The summed E-state index contributed by atoms with van der Waals surface area (Å²) in [6, 6.07) is 0. The number of aliphatic hydroxyl groups excluding tert-OH is 2. The molecule has 0 aliphatic rings. The van der Waals surface area contributed by atoms with E-state index in [2.05, 4.69) is 0 Å². The molecule has 6 nitrogen and oxygen atoms in total. The van der Waals surface area contributed by atoms with Crippen molar-refractivity contribution in [2.75, 3.05) is 40.3 Å². The fraction of sp³-hybridized carbons (Fsp3) is 1.00. The molecule has 2 N–H and O–H groups in total. The van der Waals surface area contributed by atoms with Crippen LogP contribution in [0.25, 0.3) is 0 Å². The van der Waals surface area contributed by atoms with Crippen LogP contribution in [-0.4, -0.2) is 68.9 Å². The van der Waals surface area contributed by atoms with E-state index < -0.39 is 12.2 Å². The van der Waals surface area contributed by atoms with Crippen LogP contribution in [0.1, 0.15) is 13.8 Å². The lowest BCUT2D eigenvalue weighted by molar-refractivity contribution is -0.128. The van der Waals surface area contributed by atoms with Crippen LogP contribution in [0.5, 0.6) is 0 Å². The summed E-state index contributed by atoms with van der Waals surface area (Å²) in [6.45, 7) is 4.58. The Bertz CT molecular complexity index is 148. The summed E-state index contributed by atoms with van der Waals surface area (Å²) in [5, 5.41) is 18.1. The maximum Gasteiger partial charge on any atom is 0.146 e. The number of hydrogen-bond donors (Lipinski definition) is 2. The monoisotopic (exact) mass is 252 g/mol. The summed E-state index contributed by atoms with van der Waals surface area (Å²) in [5.41, 5.74) is 0. The van der Waals surface area contributed by atoms with Crippen molar-refractivity contribution in [3.8, 4) is 0 Å². The summed E-state index contributed by atoms with van der Waals surface area (Å²) in [6.07, 6.45) is -1.28. The van der Waals surface area contributed by atoms with Gasteiger partial charge in [-0.2, -0.15) is 0 Å². The predicted octanol–water partition coefficient (Wildman–Crippen LogP) is -0.230. The largest absolute Gasteiger partial charge is 0.391 e. The van der Waals surface area contributed by atoms with E-state index in [9.17, 15) is 0 Å². The molecule has 0 rings (SSSR count). The highest BCUT2D eigenvalue weighted by molar-refractivity contribution is 4.56. The van der Waals surface area contributed by atoms with E-state index in [1.165, 1.54) is 7.11 Å². The molecule has 0 aliphatic carbocycles. The zero-order valence-electron chi connectivity index (χ0n) is 10.8. The average Bonchev–Trinajstić information content (AvgIpc) is 2.24. The van der Waals surface area contributed by atoms with Gasteiger partial charge in [0, 0.05) is 7.11 Å². The first-order valence-corrected chi connectivity index (χ1v) is 5.68. The van der Waals surface area contributed by atoms with Crippen molar-refractivity contribution in [2.45, 2.75) is 32.2 Å². The van der Waals surface area contributed by atoms with Gasteiger partial charge in [-0.1, -0.05) is 0 Å². The summed E-state index contributed by atoms with van der Waals surface area (Å²) >= 11 is 0. The molecule has 104 valence electrons. The van der Waals surface area contributed by atoms with Gasteiger partial charge in [0.1, 0.15) is 12.9 Å². The maximum absolute atomic E-state index is 9.04. The van der Waals surface area contributed by atoms with E-state index in [1.807, 2.05) is 0 Å². The van der Waals surface area contributed by atoms with Gasteiger partial charge in [-0.3, -0.25) is 0 Å². The molecule has 0 aromatic carbocycles. The molecule has 17 heavy (non-hydrogen) atoms. The van der Waals surface area contributed by atoms with Crippen LogP contribution in [0, 0.1) is 0 Å². The molecule has 0 amide bonds. The maximum atomic E-state index is 9.04. The Kier molecular flexibility index (Phi) is 10.7. The minimum atomic E-state index is -0.503. The number of rotatable bonds is 11. The van der Waals surface area contributed by atoms with Gasteiger partial charge >= 0.3 is 0 Å². The third-order valence-corrected chi connectivity index (χ3v) is 1.75.